The van der Waals surface area contributed by atoms with E-state index in [1.54, 1.807) is 19.1 Å². The van der Waals surface area contributed by atoms with Crippen LogP contribution in [0.4, 0.5) is 5.00 Å². The van der Waals surface area contributed by atoms with Crippen molar-refractivity contribution in [3.63, 3.8) is 0 Å². The summed E-state index contributed by atoms with van der Waals surface area (Å²) >= 11 is 1.29. The lowest BCUT2D eigenvalue weighted by Crippen LogP contribution is -2.14. The molecule has 6 heteroatoms. The molecule has 0 saturated heterocycles. The number of amides is 1. The number of esters is 1. The third kappa shape index (κ3) is 3.55. The Hall–Kier alpha value is -2.86. The molecule has 0 fully saturated rings. The van der Waals surface area contributed by atoms with Crippen LogP contribution >= 0.6 is 11.3 Å². The van der Waals surface area contributed by atoms with Gasteiger partial charge in [-0.25, -0.2) is 4.79 Å². The highest BCUT2D eigenvalue weighted by Gasteiger charge is 2.24. The molecule has 0 saturated carbocycles. The molecule has 3 aromatic rings. The van der Waals surface area contributed by atoms with Gasteiger partial charge in [0.1, 0.15) is 10.6 Å². The minimum atomic E-state index is -0.460. The number of hydrogen-bond donors (Lipinski definition) is 1. The first-order valence-corrected chi connectivity index (χ1v) is 9.10. The Bertz CT molecular complexity index is 941. The third-order valence-electron chi connectivity index (χ3n) is 3.91. The van der Waals surface area contributed by atoms with E-state index in [2.05, 4.69) is 11.4 Å². The maximum absolute atomic E-state index is 12.6. The molecule has 134 valence electrons. The first kappa shape index (κ1) is 17.9. The van der Waals surface area contributed by atoms with Gasteiger partial charge in [-0.2, -0.15) is 0 Å². The van der Waals surface area contributed by atoms with Crippen LogP contribution in [0, 0.1) is 13.8 Å². The molecule has 0 spiro atoms. The minimum Gasteiger partial charge on any atom is -0.462 e. The van der Waals surface area contributed by atoms with E-state index in [4.69, 9.17) is 9.15 Å². The second-order valence-corrected chi connectivity index (χ2v) is 6.70. The largest absolute Gasteiger partial charge is 0.462 e. The van der Waals surface area contributed by atoms with Gasteiger partial charge in [0.2, 0.25) is 0 Å². The van der Waals surface area contributed by atoms with Crippen molar-refractivity contribution < 1.29 is 18.7 Å². The number of carbonyl (C=O) groups excluding carboxylic acids is 2. The molecule has 0 atom stereocenters. The van der Waals surface area contributed by atoms with Crippen LogP contribution in [0.15, 0.2) is 46.4 Å². The molecule has 0 radical (unpaired) electrons. The van der Waals surface area contributed by atoms with E-state index in [0.29, 0.717) is 10.6 Å². The zero-order valence-electron chi connectivity index (χ0n) is 14.8. The van der Waals surface area contributed by atoms with E-state index in [9.17, 15) is 9.59 Å². The van der Waals surface area contributed by atoms with Crippen LogP contribution in [0.1, 0.15) is 39.0 Å². The number of hydrogen-bond acceptors (Lipinski definition) is 5. The number of benzene rings is 1. The molecule has 0 aliphatic carbocycles. The van der Waals surface area contributed by atoms with E-state index < -0.39 is 11.9 Å². The van der Waals surface area contributed by atoms with Crippen LogP contribution in [0.25, 0.3) is 11.1 Å². The van der Waals surface area contributed by atoms with E-state index in [0.717, 1.165) is 22.3 Å². The summed E-state index contributed by atoms with van der Waals surface area (Å²) in [5, 5.41) is 5.07. The fraction of sp³-hybridized carbons (Fsp3) is 0.200. The first-order chi connectivity index (χ1) is 12.5. The number of anilines is 1. The van der Waals surface area contributed by atoms with Crippen molar-refractivity contribution in [2.45, 2.75) is 20.8 Å². The van der Waals surface area contributed by atoms with Crippen LogP contribution in [-0.2, 0) is 4.74 Å². The summed E-state index contributed by atoms with van der Waals surface area (Å²) in [6, 6.07) is 9.24. The monoisotopic (exact) mass is 369 g/mol. The van der Waals surface area contributed by atoms with E-state index in [1.807, 2.05) is 31.4 Å². The first-order valence-electron chi connectivity index (χ1n) is 8.22. The van der Waals surface area contributed by atoms with Crippen molar-refractivity contribution in [3.05, 3.63) is 64.4 Å². The van der Waals surface area contributed by atoms with Gasteiger partial charge in [-0.15, -0.1) is 11.3 Å². The van der Waals surface area contributed by atoms with Crippen LogP contribution in [0.2, 0.25) is 0 Å². The number of ether oxygens (including phenoxy) is 1. The van der Waals surface area contributed by atoms with Crippen molar-refractivity contribution in [1.29, 1.82) is 0 Å². The number of aryl methyl sites for hydroxylation is 2. The third-order valence-corrected chi connectivity index (χ3v) is 4.81. The SMILES string of the molecule is CCOC(=O)c1c(-c2ccc(C)cc2C)csc1NC(=O)c1ccco1. The number of furan rings is 1. The smallest absolute Gasteiger partial charge is 0.341 e. The van der Waals surface area contributed by atoms with Gasteiger partial charge in [0.25, 0.3) is 5.91 Å². The van der Waals surface area contributed by atoms with Gasteiger partial charge >= 0.3 is 5.97 Å². The summed E-state index contributed by atoms with van der Waals surface area (Å²) in [5.74, 6) is -0.686. The molecule has 2 heterocycles. The van der Waals surface area contributed by atoms with Gasteiger partial charge in [-0.1, -0.05) is 23.8 Å². The average molecular weight is 369 g/mol. The highest BCUT2D eigenvalue weighted by molar-refractivity contribution is 7.15. The molecular formula is C20H19NO4S. The summed E-state index contributed by atoms with van der Waals surface area (Å²) in [6.45, 7) is 6.02. The lowest BCUT2D eigenvalue weighted by molar-refractivity contribution is 0.0529. The van der Waals surface area contributed by atoms with Gasteiger partial charge in [0.05, 0.1) is 12.9 Å². The Morgan fingerprint density at radius 1 is 1.19 bits per heavy atom. The Morgan fingerprint density at radius 2 is 2.00 bits per heavy atom. The summed E-state index contributed by atoms with van der Waals surface area (Å²) in [6.07, 6.45) is 1.43. The Labute approximate surface area is 155 Å². The second-order valence-electron chi connectivity index (χ2n) is 5.82. The summed E-state index contributed by atoms with van der Waals surface area (Å²) < 4.78 is 10.3. The maximum atomic E-state index is 12.6. The molecule has 1 N–H and O–H groups in total. The molecule has 3 rings (SSSR count). The summed E-state index contributed by atoms with van der Waals surface area (Å²) in [5.41, 5.74) is 4.25. The number of thiophene rings is 1. The zero-order chi connectivity index (χ0) is 18.7. The van der Waals surface area contributed by atoms with Crippen LogP contribution in [-0.4, -0.2) is 18.5 Å². The second kappa shape index (κ2) is 7.58. The predicted octanol–water partition coefficient (Wildman–Crippen LogP) is 5.05. The quantitative estimate of drug-likeness (QED) is 0.639. The number of rotatable bonds is 5. The van der Waals surface area contributed by atoms with Crippen molar-refractivity contribution in [1.82, 2.24) is 0 Å². The molecule has 5 nitrogen and oxygen atoms in total. The summed E-state index contributed by atoms with van der Waals surface area (Å²) in [4.78, 5) is 24.9. The molecule has 0 aliphatic heterocycles. The molecule has 1 amide bonds. The van der Waals surface area contributed by atoms with E-state index >= 15 is 0 Å². The van der Waals surface area contributed by atoms with Crippen molar-refractivity contribution in [2.24, 2.45) is 0 Å². The van der Waals surface area contributed by atoms with Crippen molar-refractivity contribution in [2.75, 3.05) is 11.9 Å². The van der Waals surface area contributed by atoms with E-state index in [-0.39, 0.29) is 12.4 Å². The molecule has 0 unspecified atom stereocenters. The topological polar surface area (TPSA) is 68.5 Å². The van der Waals surface area contributed by atoms with Gasteiger partial charge in [-0.3, -0.25) is 4.79 Å². The van der Waals surface area contributed by atoms with Gasteiger partial charge < -0.3 is 14.5 Å². The minimum absolute atomic E-state index is 0.182. The number of carbonyl (C=O) groups is 2. The molecule has 0 aliphatic rings. The molecule has 1 aromatic carbocycles. The number of nitrogens with one attached hydrogen (secondary N) is 1. The fourth-order valence-corrected chi connectivity index (χ4v) is 3.69. The van der Waals surface area contributed by atoms with Crippen molar-refractivity contribution >= 4 is 28.2 Å². The zero-order valence-corrected chi connectivity index (χ0v) is 15.6. The molecular weight excluding hydrogens is 350 g/mol. The molecule has 0 bridgehead atoms. The Kier molecular flexibility index (Phi) is 5.23. The Morgan fingerprint density at radius 3 is 2.65 bits per heavy atom. The lowest BCUT2D eigenvalue weighted by Gasteiger charge is -2.10. The fourth-order valence-electron chi connectivity index (χ4n) is 2.74. The van der Waals surface area contributed by atoms with Gasteiger partial charge in [0, 0.05) is 10.9 Å². The average Bonchev–Trinajstić information content (AvgIpc) is 3.25. The van der Waals surface area contributed by atoms with Gasteiger partial charge in [0.15, 0.2) is 5.76 Å². The van der Waals surface area contributed by atoms with Crippen molar-refractivity contribution in [3.8, 4) is 11.1 Å². The normalized spacial score (nSPS) is 10.6. The van der Waals surface area contributed by atoms with Crippen LogP contribution < -0.4 is 5.32 Å². The molecule has 26 heavy (non-hydrogen) atoms. The van der Waals surface area contributed by atoms with E-state index in [1.165, 1.54) is 17.6 Å². The summed E-state index contributed by atoms with van der Waals surface area (Å²) in [7, 11) is 0. The Balaban J connectivity index is 2.04. The highest BCUT2D eigenvalue weighted by atomic mass is 32.1. The van der Waals surface area contributed by atoms with Gasteiger partial charge in [-0.05, 0) is 44.0 Å². The highest BCUT2D eigenvalue weighted by Crippen LogP contribution is 2.38. The van der Waals surface area contributed by atoms with Crippen LogP contribution in [0.3, 0.4) is 0 Å². The lowest BCUT2D eigenvalue weighted by atomic mass is 9.97. The standard InChI is InChI=1S/C20H19NO4S/c1-4-24-20(23)17-15(14-8-7-12(2)10-13(14)3)11-26-19(17)21-18(22)16-6-5-9-25-16/h5-11H,4H2,1-3H3,(H,21,22). The predicted molar refractivity (Wildman–Crippen MR) is 102 cm³/mol. The molecule has 2 aromatic heterocycles. The van der Waals surface area contributed by atoms with Crippen LogP contribution in [0.5, 0.6) is 0 Å². The maximum Gasteiger partial charge on any atom is 0.341 e.